The molecule has 0 radical (unpaired) electrons. The lowest BCUT2D eigenvalue weighted by molar-refractivity contribution is 0.481. The smallest absolute Gasteiger partial charge is 0.146 e. The van der Waals surface area contributed by atoms with Gasteiger partial charge in [0.25, 0.3) is 0 Å². The Labute approximate surface area is 79.7 Å². The maximum absolute atomic E-state index is 5.78. The minimum atomic E-state index is 0.595. The Bertz CT molecular complexity index is 225. The number of halogens is 2. The van der Waals surface area contributed by atoms with Gasteiger partial charge < -0.3 is 0 Å². The number of hydrogen-bond acceptors (Lipinski definition) is 1. The maximum atomic E-state index is 5.78. The van der Waals surface area contributed by atoms with Crippen molar-refractivity contribution in [3.8, 4) is 0 Å². The van der Waals surface area contributed by atoms with E-state index in [1.54, 1.807) is 0 Å². The topological polar surface area (TPSA) is 17.8 Å². The van der Waals surface area contributed by atoms with Gasteiger partial charge in [0.2, 0.25) is 0 Å². The van der Waals surface area contributed by atoms with Gasteiger partial charge in [0, 0.05) is 12.7 Å². The zero-order chi connectivity index (χ0) is 8.43. The minimum absolute atomic E-state index is 0.595. The summed E-state index contributed by atoms with van der Waals surface area (Å²) >= 11 is 9.02. The van der Waals surface area contributed by atoms with Crippen LogP contribution in [0, 0.1) is 5.92 Å². The van der Waals surface area contributed by atoms with E-state index in [2.05, 4.69) is 34.9 Å². The second-order valence-corrected chi connectivity index (χ2v) is 4.04. The molecular weight excluding hydrogens is 227 g/mol. The van der Waals surface area contributed by atoms with Crippen LogP contribution in [-0.4, -0.2) is 9.78 Å². The monoisotopic (exact) mass is 236 g/mol. The fourth-order valence-corrected chi connectivity index (χ4v) is 1.30. The molecule has 0 atom stereocenters. The average Bonchev–Trinajstić information content (AvgIpc) is 2.10. The van der Waals surface area contributed by atoms with E-state index in [0.29, 0.717) is 10.9 Å². The van der Waals surface area contributed by atoms with Crippen molar-refractivity contribution in [2.45, 2.75) is 20.4 Å². The summed E-state index contributed by atoms with van der Waals surface area (Å²) in [6, 6.07) is 0. The zero-order valence-electron chi connectivity index (χ0n) is 6.51. The lowest BCUT2D eigenvalue weighted by atomic mass is 10.2. The molecule has 0 saturated carbocycles. The van der Waals surface area contributed by atoms with Crippen molar-refractivity contribution in [1.29, 1.82) is 0 Å². The van der Waals surface area contributed by atoms with Crippen LogP contribution in [-0.2, 0) is 6.54 Å². The second-order valence-electron chi connectivity index (χ2n) is 2.88. The molecule has 0 bridgehead atoms. The predicted molar refractivity (Wildman–Crippen MR) is 49.8 cm³/mol. The molecule has 1 rings (SSSR count). The standard InChI is InChI=1S/C7H10BrClN2/c1-5(2)3-11-4-6(9)7(8)10-11/h4-5H,3H2,1-2H3. The molecule has 0 spiro atoms. The van der Waals surface area contributed by atoms with Gasteiger partial charge in [0.05, 0.1) is 5.02 Å². The molecule has 0 aliphatic heterocycles. The SMILES string of the molecule is CC(C)Cn1cc(Cl)c(Br)n1. The molecule has 1 aromatic rings. The first-order valence-corrected chi connectivity index (χ1v) is 4.65. The normalized spacial score (nSPS) is 11.0. The molecule has 1 heterocycles. The highest BCUT2D eigenvalue weighted by molar-refractivity contribution is 9.10. The van der Waals surface area contributed by atoms with E-state index >= 15 is 0 Å². The number of aromatic nitrogens is 2. The summed E-state index contributed by atoms with van der Waals surface area (Å²) in [5.41, 5.74) is 0. The van der Waals surface area contributed by atoms with Crippen LogP contribution in [0.4, 0.5) is 0 Å². The summed E-state index contributed by atoms with van der Waals surface area (Å²) in [5.74, 6) is 0.595. The third-order valence-corrected chi connectivity index (χ3v) is 2.32. The number of hydrogen-bond donors (Lipinski definition) is 0. The van der Waals surface area contributed by atoms with Crippen LogP contribution in [0.2, 0.25) is 5.02 Å². The number of nitrogens with zero attached hydrogens (tertiary/aromatic N) is 2. The summed E-state index contributed by atoms with van der Waals surface area (Å²) in [4.78, 5) is 0. The maximum Gasteiger partial charge on any atom is 0.146 e. The Balaban J connectivity index is 2.73. The van der Waals surface area contributed by atoms with Gasteiger partial charge in [-0.05, 0) is 21.8 Å². The van der Waals surface area contributed by atoms with Crippen molar-refractivity contribution in [3.63, 3.8) is 0 Å². The largest absolute Gasteiger partial charge is 0.270 e. The molecule has 0 unspecified atom stereocenters. The van der Waals surface area contributed by atoms with Crippen LogP contribution < -0.4 is 0 Å². The molecule has 0 aliphatic rings. The Kier molecular flexibility index (Phi) is 2.96. The van der Waals surface area contributed by atoms with Crippen LogP contribution in [0.5, 0.6) is 0 Å². The highest BCUT2D eigenvalue weighted by Gasteiger charge is 2.03. The summed E-state index contributed by atoms with van der Waals surface area (Å²) in [5, 5.41) is 4.82. The van der Waals surface area contributed by atoms with Crippen molar-refractivity contribution in [2.24, 2.45) is 5.92 Å². The highest BCUT2D eigenvalue weighted by atomic mass is 79.9. The zero-order valence-corrected chi connectivity index (χ0v) is 8.85. The Hall–Kier alpha value is -0.0200. The van der Waals surface area contributed by atoms with Gasteiger partial charge in [0.1, 0.15) is 4.60 Å². The third kappa shape index (κ3) is 2.49. The lowest BCUT2D eigenvalue weighted by Crippen LogP contribution is -2.04. The van der Waals surface area contributed by atoms with Gasteiger partial charge in [-0.1, -0.05) is 25.4 Å². The van der Waals surface area contributed by atoms with Crippen LogP contribution in [0.1, 0.15) is 13.8 Å². The summed E-state index contributed by atoms with van der Waals surface area (Å²) in [6.45, 7) is 5.19. The molecule has 2 nitrogen and oxygen atoms in total. The van der Waals surface area contributed by atoms with Gasteiger partial charge in [-0.3, -0.25) is 4.68 Å². The Morgan fingerprint density at radius 1 is 1.73 bits per heavy atom. The molecule has 0 N–H and O–H groups in total. The van der Waals surface area contributed by atoms with Crippen LogP contribution in [0.3, 0.4) is 0 Å². The van der Waals surface area contributed by atoms with E-state index in [0.717, 1.165) is 11.1 Å². The van der Waals surface area contributed by atoms with Crippen LogP contribution in [0.15, 0.2) is 10.8 Å². The molecule has 0 amide bonds. The molecule has 0 saturated heterocycles. The van der Waals surface area contributed by atoms with Crippen molar-refractivity contribution in [3.05, 3.63) is 15.8 Å². The molecule has 4 heteroatoms. The average molecular weight is 238 g/mol. The third-order valence-electron chi connectivity index (χ3n) is 1.23. The number of rotatable bonds is 2. The van der Waals surface area contributed by atoms with E-state index in [1.807, 2.05) is 10.9 Å². The summed E-state index contributed by atoms with van der Waals surface area (Å²) in [6.07, 6.45) is 1.83. The molecule has 0 fully saturated rings. The molecular formula is C7H10BrClN2. The summed E-state index contributed by atoms with van der Waals surface area (Å²) in [7, 11) is 0. The minimum Gasteiger partial charge on any atom is -0.270 e. The van der Waals surface area contributed by atoms with Gasteiger partial charge in [-0.15, -0.1) is 0 Å². The molecule has 11 heavy (non-hydrogen) atoms. The molecule has 62 valence electrons. The van der Waals surface area contributed by atoms with Crippen molar-refractivity contribution >= 4 is 27.5 Å². The summed E-state index contributed by atoms with van der Waals surface area (Å²) < 4.78 is 2.57. The highest BCUT2D eigenvalue weighted by Crippen LogP contribution is 2.19. The predicted octanol–water partition coefficient (Wildman–Crippen LogP) is 2.96. The van der Waals surface area contributed by atoms with Gasteiger partial charge in [0.15, 0.2) is 0 Å². The molecule has 1 aromatic heterocycles. The fraction of sp³-hybridized carbons (Fsp3) is 0.571. The van der Waals surface area contributed by atoms with E-state index in [-0.39, 0.29) is 0 Å². The Morgan fingerprint density at radius 2 is 2.36 bits per heavy atom. The van der Waals surface area contributed by atoms with Gasteiger partial charge in [-0.25, -0.2) is 0 Å². The first-order chi connectivity index (χ1) is 5.09. The lowest BCUT2D eigenvalue weighted by Gasteiger charge is -2.02. The van der Waals surface area contributed by atoms with Gasteiger partial charge in [-0.2, -0.15) is 5.10 Å². The molecule has 0 aromatic carbocycles. The van der Waals surface area contributed by atoms with Crippen molar-refractivity contribution in [2.75, 3.05) is 0 Å². The fourth-order valence-electron chi connectivity index (χ4n) is 0.841. The van der Waals surface area contributed by atoms with E-state index in [1.165, 1.54) is 0 Å². The second kappa shape index (κ2) is 3.59. The van der Waals surface area contributed by atoms with E-state index in [4.69, 9.17) is 11.6 Å². The van der Waals surface area contributed by atoms with Crippen molar-refractivity contribution in [1.82, 2.24) is 9.78 Å². The first kappa shape index (κ1) is 9.07. The first-order valence-electron chi connectivity index (χ1n) is 3.48. The van der Waals surface area contributed by atoms with Gasteiger partial charge >= 0.3 is 0 Å². The van der Waals surface area contributed by atoms with Crippen LogP contribution >= 0.6 is 27.5 Å². The van der Waals surface area contributed by atoms with E-state index in [9.17, 15) is 0 Å². The Morgan fingerprint density at radius 3 is 2.73 bits per heavy atom. The van der Waals surface area contributed by atoms with Crippen molar-refractivity contribution < 1.29 is 0 Å². The quantitative estimate of drug-likeness (QED) is 0.773. The van der Waals surface area contributed by atoms with E-state index < -0.39 is 0 Å². The van der Waals surface area contributed by atoms with Crippen LogP contribution in [0.25, 0.3) is 0 Å². The molecule has 0 aliphatic carbocycles.